The van der Waals surface area contributed by atoms with E-state index in [4.69, 9.17) is 0 Å². The minimum absolute atomic E-state index is 0.110. The fourth-order valence-electron chi connectivity index (χ4n) is 1.94. The van der Waals surface area contributed by atoms with Gasteiger partial charge >= 0.3 is 0 Å². The molecule has 1 heterocycles. The van der Waals surface area contributed by atoms with E-state index in [2.05, 4.69) is 41.5 Å². The number of thioether (sulfide) groups is 1. The number of nitrogens with zero attached hydrogens (tertiary/aromatic N) is 3. The smallest absolute Gasteiger partial charge is 0.235 e. The normalized spacial score (nSPS) is 12.2. The Kier molecular flexibility index (Phi) is 6.41. The van der Waals surface area contributed by atoms with Crippen LogP contribution >= 0.6 is 23.1 Å². The summed E-state index contributed by atoms with van der Waals surface area (Å²) in [7, 11) is 3.57. The number of carbonyl (C=O) groups is 1. The standard InChI is InChI=1S/C16H22N4OS2/c1-11(2)13(14(21)20(3)4)22-16-19-18-15(23-16)17-10-12-8-6-5-7-9-12/h5-9,11,13H,10H2,1-4H3,(H,17,18). The van der Waals surface area contributed by atoms with Crippen molar-refractivity contribution in [2.45, 2.75) is 30.0 Å². The fraction of sp³-hybridized carbons (Fsp3) is 0.438. The molecule has 0 bridgehead atoms. The molecule has 0 aliphatic carbocycles. The van der Waals surface area contributed by atoms with Crippen molar-refractivity contribution in [2.75, 3.05) is 19.4 Å². The summed E-state index contributed by atoms with van der Waals surface area (Å²) in [6.07, 6.45) is 0. The monoisotopic (exact) mass is 350 g/mol. The predicted octanol–water partition coefficient (Wildman–Crippen LogP) is 3.36. The van der Waals surface area contributed by atoms with E-state index in [-0.39, 0.29) is 17.1 Å². The predicted molar refractivity (Wildman–Crippen MR) is 96.9 cm³/mol. The molecule has 0 fully saturated rings. The maximum Gasteiger partial charge on any atom is 0.235 e. The van der Waals surface area contributed by atoms with E-state index in [1.807, 2.05) is 18.2 Å². The van der Waals surface area contributed by atoms with Crippen LogP contribution in [0.25, 0.3) is 0 Å². The van der Waals surface area contributed by atoms with Crippen LogP contribution in [0.3, 0.4) is 0 Å². The van der Waals surface area contributed by atoms with Crippen molar-refractivity contribution in [1.29, 1.82) is 0 Å². The zero-order chi connectivity index (χ0) is 16.8. The maximum atomic E-state index is 12.3. The Morgan fingerprint density at radius 1 is 1.26 bits per heavy atom. The van der Waals surface area contributed by atoms with Gasteiger partial charge in [0, 0.05) is 20.6 Å². The van der Waals surface area contributed by atoms with Gasteiger partial charge in [0.25, 0.3) is 0 Å². The molecule has 1 amide bonds. The summed E-state index contributed by atoms with van der Waals surface area (Å²) in [4.78, 5) is 13.9. The van der Waals surface area contributed by atoms with Crippen LogP contribution in [0.15, 0.2) is 34.7 Å². The van der Waals surface area contributed by atoms with Crippen LogP contribution in [-0.4, -0.2) is 40.3 Å². The molecule has 2 aromatic rings. The molecule has 1 aromatic carbocycles. The van der Waals surface area contributed by atoms with E-state index in [0.717, 1.165) is 9.47 Å². The van der Waals surface area contributed by atoms with Crippen molar-refractivity contribution >= 4 is 34.1 Å². The van der Waals surface area contributed by atoms with Crippen molar-refractivity contribution in [3.05, 3.63) is 35.9 Å². The average molecular weight is 351 g/mol. The first-order valence-corrected chi connectivity index (χ1v) is 9.16. The Morgan fingerprint density at radius 2 is 1.96 bits per heavy atom. The summed E-state index contributed by atoms with van der Waals surface area (Å²) in [6.45, 7) is 4.81. The lowest BCUT2D eigenvalue weighted by atomic mass is 10.1. The molecule has 0 saturated heterocycles. The van der Waals surface area contributed by atoms with Gasteiger partial charge in [0.15, 0.2) is 4.34 Å². The van der Waals surface area contributed by atoms with Crippen LogP contribution in [0, 0.1) is 5.92 Å². The van der Waals surface area contributed by atoms with Crippen molar-refractivity contribution < 1.29 is 4.79 Å². The molecule has 1 aromatic heterocycles. The zero-order valence-corrected chi connectivity index (χ0v) is 15.4. The molecule has 7 heteroatoms. The number of benzene rings is 1. The molecule has 0 aliphatic heterocycles. The number of amides is 1. The van der Waals surface area contributed by atoms with E-state index < -0.39 is 0 Å². The Morgan fingerprint density at radius 3 is 2.57 bits per heavy atom. The highest BCUT2D eigenvalue weighted by Gasteiger charge is 2.26. The second kappa shape index (κ2) is 8.31. The Balaban J connectivity index is 1.96. The van der Waals surface area contributed by atoms with Gasteiger partial charge in [0.05, 0.1) is 5.25 Å². The second-order valence-corrected chi connectivity index (χ2v) is 8.09. The molecule has 0 aliphatic rings. The third kappa shape index (κ3) is 5.21. The molecule has 124 valence electrons. The quantitative estimate of drug-likeness (QED) is 0.776. The minimum Gasteiger partial charge on any atom is -0.356 e. The largest absolute Gasteiger partial charge is 0.356 e. The first kappa shape index (κ1) is 17.7. The number of hydrogen-bond acceptors (Lipinski definition) is 6. The number of carbonyl (C=O) groups excluding carboxylic acids is 1. The average Bonchev–Trinajstić information content (AvgIpc) is 2.98. The van der Waals surface area contributed by atoms with Crippen LogP contribution in [-0.2, 0) is 11.3 Å². The molecular weight excluding hydrogens is 328 g/mol. The number of rotatable bonds is 7. The van der Waals surface area contributed by atoms with Gasteiger partial charge in [-0.3, -0.25) is 4.79 Å². The first-order valence-electron chi connectivity index (χ1n) is 7.46. The first-order chi connectivity index (χ1) is 11.0. The van der Waals surface area contributed by atoms with E-state index in [0.29, 0.717) is 6.54 Å². The lowest BCUT2D eigenvalue weighted by Crippen LogP contribution is -2.34. The third-order valence-corrected chi connectivity index (χ3v) is 5.71. The highest BCUT2D eigenvalue weighted by atomic mass is 32.2. The minimum atomic E-state index is -0.139. The van der Waals surface area contributed by atoms with Gasteiger partial charge in [-0.15, -0.1) is 10.2 Å². The summed E-state index contributed by atoms with van der Waals surface area (Å²) in [5.74, 6) is 0.346. The Bertz CT molecular complexity index is 628. The highest BCUT2D eigenvalue weighted by molar-refractivity contribution is 8.02. The molecule has 0 saturated carbocycles. The number of anilines is 1. The van der Waals surface area contributed by atoms with Crippen LogP contribution in [0.5, 0.6) is 0 Å². The van der Waals surface area contributed by atoms with Gasteiger partial charge in [-0.1, -0.05) is 67.3 Å². The van der Waals surface area contributed by atoms with Gasteiger partial charge < -0.3 is 10.2 Å². The zero-order valence-electron chi connectivity index (χ0n) is 13.8. The molecule has 5 nitrogen and oxygen atoms in total. The van der Waals surface area contributed by atoms with E-state index in [1.165, 1.54) is 28.7 Å². The lowest BCUT2D eigenvalue weighted by molar-refractivity contribution is -0.128. The number of hydrogen-bond donors (Lipinski definition) is 1. The molecule has 0 spiro atoms. The van der Waals surface area contributed by atoms with Crippen molar-refractivity contribution in [2.24, 2.45) is 5.92 Å². The lowest BCUT2D eigenvalue weighted by Gasteiger charge is -2.21. The van der Waals surface area contributed by atoms with Crippen LogP contribution in [0.4, 0.5) is 5.13 Å². The molecule has 0 radical (unpaired) electrons. The van der Waals surface area contributed by atoms with Gasteiger partial charge in [-0.2, -0.15) is 0 Å². The number of aromatic nitrogens is 2. The Labute approximate surface area is 145 Å². The molecule has 1 atom stereocenters. The van der Waals surface area contributed by atoms with Gasteiger partial charge in [-0.25, -0.2) is 0 Å². The molecule has 1 unspecified atom stereocenters. The van der Waals surface area contributed by atoms with Crippen LogP contribution in [0.1, 0.15) is 19.4 Å². The Hall–Kier alpha value is -1.60. The molecule has 23 heavy (non-hydrogen) atoms. The van der Waals surface area contributed by atoms with Gasteiger partial charge in [0.1, 0.15) is 0 Å². The summed E-state index contributed by atoms with van der Waals surface area (Å²) >= 11 is 2.98. The summed E-state index contributed by atoms with van der Waals surface area (Å²) in [5, 5.41) is 12.3. The summed E-state index contributed by atoms with van der Waals surface area (Å²) in [6, 6.07) is 10.1. The van der Waals surface area contributed by atoms with E-state index in [1.54, 1.807) is 19.0 Å². The molecular formula is C16H22N4OS2. The van der Waals surface area contributed by atoms with E-state index in [9.17, 15) is 4.79 Å². The molecule has 2 rings (SSSR count). The van der Waals surface area contributed by atoms with Gasteiger partial charge in [0.2, 0.25) is 11.0 Å². The third-order valence-electron chi connectivity index (χ3n) is 3.21. The van der Waals surface area contributed by atoms with Crippen molar-refractivity contribution in [1.82, 2.24) is 15.1 Å². The fourth-order valence-corrected chi connectivity index (χ4v) is 4.04. The van der Waals surface area contributed by atoms with Gasteiger partial charge in [-0.05, 0) is 11.5 Å². The second-order valence-electron chi connectivity index (χ2n) is 5.73. The molecule has 1 N–H and O–H groups in total. The number of nitrogens with one attached hydrogen (secondary N) is 1. The van der Waals surface area contributed by atoms with Crippen LogP contribution < -0.4 is 5.32 Å². The maximum absolute atomic E-state index is 12.3. The topological polar surface area (TPSA) is 58.1 Å². The summed E-state index contributed by atoms with van der Waals surface area (Å²) in [5.41, 5.74) is 1.19. The SMILES string of the molecule is CC(C)C(Sc1nnc(NCc2ccccc2)s1)C(=O)N(C)C. The van der Waals surface area contributed by atoms with Crippen LogP contribution in [0.2, 0.25) is 0 Å². The van der Waals surface area contributed by atoms with Crippen molar-refractivity contribution in [3.63, 3.8) is 0 Å². The van der Waals surface area contributed by atoms with Crippen molar-refractivity contribution in [3.8, 4) is 0 Å². The highest BCUT2D eigenvalue weighted by Crippen LogP contribution is 2.33. The summed E-state index contributed by atoms with van der Waals surface area (Å²) < 4.78 is 0.814. The van der Waals surface area contributed by atoms with E-state index >= 15 is 0 Å².